The molecule has 0 saturated carbocycles. The highest BCUT2D eigenvalue weighted by atomic mass is 35.5. The number of hydrogen-bond acceptors (Lipinski definition) is 7. The number of rotatable bonds is 9. The summed E-state index contributed by atoms with van der Waals surface area (Å²) in [5, 5.41) is 9.28. The minimum Gasteiger partial charge on any atom is -0.383 e. The van der Waals surface area contributed by atoms with E-state index in [0.717, 1.165) is 11.1 Å². The van der Waals surface area contributed by atoms with E-state index in [4.69, 9.17) is 18.0 Å². The molecular weight excluding hydrogens is 539 g/mol. The zero-order valence-electron chi connectivity index (χ0n) is 23.1. The second-order valence-corrected chi connectivity index (χ2v) is 11.4. The third-order valence-electron chi connectivity index (χ3n) is 6.46. The second kappa shape index (κ2) is 11.4. The van der Waals surface area contributed by atoms with E-state index >= 15 is 0 Å². The van der Waals surface area contributed by atoms with Gasteiger partial charge < -0.3 is 16.1 Å². The summed E-state index contributed by atoms with van der Waals surface area (Å²) in [4.78, 5) is 8.45. The van der Waals surface area contributed by atoms with Gasteiger partial charge in [-0.3, -0.25) is 9.99 Å². The highest BCUT2D eigenvalue weighted by Gasteiger charge is 2.32. The second-order valence-electron chi connectivity index (χ2n) is 11.0. The van der Waals surface area contributed by atoms with E-state index in [9.17, 15) is 13.2 Å². The molecule has 0 bridgehead atoms. The van der Waals surface area contributed by atoms with Gasteiger partial charge in [-0.05, 0) is 30.5 Å². The minimum atomic E-state index is -2.89. The Bertz CT molecular complexity index is 1480. The molecule has 4 N–H and O–H groups in total. The van der Waals surface area contributed by atoms with Crippen LogP contribution in [0.4, 0.5) is 24.5 Å². The molecule has 4 rings (SSSR count). The molecule has 1 atom stereocenters. The zero-order chi connectivity index (χ0) is 29.2. The van der Waals surface area contributed by atoms with Crippen LogP contribution in [0.2, 0.25) is 5.02 Å². The van der Waals surface area contributed by atoms with Crippen LogP contribution in [0.1, 0.15) is 57.0 Å². The van der Waals surface area contributed by atoms with Gasteiger partial charge in [0, 0.05) is 47.7 Å². The number of hydrazine groups is 2. The number of aryl methyl sites for hydroxylation is 1. The smallest absolute Gasteiger partial charge is 0.266 e. The van der Waals surface area contributed by atoms with Crippen molar-refractivity contribution >= 4 is 33.9 Å². The first kappa shape index (κ1) is 29.3. The molecular formula is C29H33ClF3N7. The molecule has 0 amide bonds. The summed E-state index contributed by atoms with van der Waals surface area (Å²) in [6.45, 7) is 9.57. The summed E-state index contributed by atoms with van der Waals surface area (Å²) in [5.41, 5.74) is 9.84. The molecule has 0 aliphatic carbocycles. The fourth-order valence-corrected chi connectivity index (χ4v) is 4.56. The minimum absolute atomic E-state index is 0.0204. The Morgan fingerprint density at radius 1 is 1.23 bits per heavy atom. The Hall–Kier alpha value is -3.68. The van der Waals surface area contributed by atoms with Crippen LogP contribution in [0.5, 0.6) is 0 Å². The number of benzene rings is 1. The molecule has 40 heavy (non-hydrogen) atoms. The molecule has 0 unspecified atom stereocenters. The van der Waals surface area contributed by atoms with Crippen LogP contribution in [0.15, 0.2) is 42.4 Å². The first-order valence-corrected chi connectivity index (χ1v) is 13.3. The number of hydrogen-bond donors (Lipinski definition) is 4. The van der Waals surface area contributed by atoms with Gasteiger partial charge in [-0.25, -0.2) is 13.8 Å². The molecule has 1 aliphatic rings. The molecule has 0 spiro atoms. The van der Waals surface area contributed by atoms with Crippen molar-refractivity contribution in [2.45, 2.75) is 53.0 Å². The van der Waals surface area contributed by atoms with E-state index in [2.05, 4.69) is 58.3 Å². The van der Waals surface area contributed by atoms with Crippen molar-refractivity contribution in [3.05, 3.63) is 70.2 Å². The van der Waals surface area contributed by atoms with E-state index in [0.29, 0.717) is 45.3 Å². The lowest BCUT2D eigenvalue weighted by Gasteiger charge is -2.24. The van der Waals surface area contributed by atoms with Gasteiger partial charge in [-0.1, -0.05) is 51.3 Å². The van der Waals surface area contributed by atoms with Crippen LogP contribution in [0.25, 0.3) is 10.9 Å². The maximum absolute atomic E-state index is 14.1. The van der Waals surface area contributed by atoms with E-state index in [1.807, 2.05) is 6.07 Å². The first-order chi connectivity index (χ1) is 18.8. The number of aromatic nitrogens is 2. The van der Waals surface area contributed by atoms with Crippen molar-refractivity contribution < 1.29 is 13.2 Å². The maximum Gasteiger partial charge on any atom is 0.266 e. The number of fused-ring (bicyclic) bond motifs is 1. The Labute approximate surface area is 237 Å². The van der Waals surface area contributed by atoms with Crippen molar-refractivity contribution in [2.75, 3.05) is 23.7 Å². The molecule has 0 fully saturated rings. The third-order valence-corrected chi connectivity index (χ3v) is 6.75. The van der Waals surface area contributed by atoms with Gasteiger partial charge in [0.05, 0.1) is 40.1 Å². The largest absolute Gasteiger partial charge is 0.383 e. The van der Waals surface area contributed by atoms with Crippen molar-refractivity contribution in [1.82, 2.24) is 25.9 Å². The molecule has 2 aromatic heterocycles. The number of terminal acetylenes is 1. The number of anilines is 2. The van der Waals surface area contributed by atoms with Crippen molar-refractivity contribution in [3.8, 4) is 12.3 Å². The normalized spacial score (nSPS) is 14.5. The third kappa shape index (κ3) is 6.72. The fourth-order valence-electron chi connectivity index (χ4n) is 4.29. The van der Waals surface area contributed by atoms with Gasteiger partial charge in [0.25, 0.3) is 5.92 Å². The Balaban J connectivity index is 1.78. The highest BCUT2D eigenvalue weighted by Crippen LogP contribution is 2.36. The monoisotopic (exact) mass is 571 g/mol. The lowest BCUT2D eigenvalue weighted by molar-refractivity contribution is -0.0344. The summed E-state index contributed by atoms with van der Waals surface area (Å²) < 4.78 is 42.1. The van der Waals surface area contributed by atoms with Gasteiger partial charge in [-0.2, -0.15) is 4.39 Å². The number of halogens is 4. The summed E-state index contributed by atoms with van der Waals surface area (Å²) >= 11 is 6.69. The van der Waals surface area contributed by atoms with Crippen LogP contribution in [-0.2, 0) is 0 Å². The van der Waals surface area contributed by atoms with Crippen LogP contribution in [-0.4, -0.2) is 34.0 Å². The SMILES string of the molecule is C#Cc1cnc2c(Cl)cc(N[C@H](C3=CN(CC(F)(F)CC)NN3)c3ccc(F)nc3C)cc2c1NCC(C)(C)C. The zero-order valence-corrected chi connectivity index (χ0v) is 23.8. The highest BCUT2D eigenvalue weighted by molar-refractivity contribution is 6.35. The van der Waals surface area contributed by atoms with Crippen molar-refractivity contribution in [1.29, 1.82) is 0 Å². The van der Waals surface area contributed by atoms with E-state index < -0.39 is 24.5 Å². The first-order valence-electron chi connectivity index (χ1n) is 12.9. The fraction of sp³-hybridized carbons (Fsp3) is 0.379. The van der Waals surface area contributed by atoms with Gasteiger partial charge in [0.1, 0.15) is 0 Å². The molecule has 212 valence electrons. The molecule has 1 aliphatic heterocycles. The van der Waals surface area contributed by atoms with Crippen LogP contribution < -0.4 is 21.6 Å². The molecule has 1 aromatic carbocycles. The molecule has 7 nitrogen and oxygen atoms in total. The predicted molar refractivity (Wildman–Crippen MR) is 154 cm³/mol. The molecule has 3 heterocycles. The Morgan fingerprint density at radius 3 is 2.62 bits per heavy atom. The lowest BCUT2D eigenvalue weighted by atomic mass is 9.96. The number of nitrogens with zero attached hydrogens (tertiary/aromatic N) is 3. The van der Waals surface area contributed by atoms with Crippen LogP contribution in [0, 0.1) is 30.6 Å². The quantitative estimate of drug-likeness (QED) is 0.172. The Morgan fingerprint density at radius 2 is 1.98 bits per heavy atom. The van der Waals surface area contributed by atoms with Crippen molar-refractivity contribution in [3.63, 3.8) is 0 Å². The van der Waals surface area contributed by atoms with Gasteiger partial charge in [0.15, 0.2) is 0 Å². The van der Waals surface area contributed by atoms with Gasteiger partial charge in [-0.15, -0.1) is 12.0 Å². The number of alkyl halides is 2. The van der Waals surface area contributed by atoms with Crippen LogP contribution in [0.3, 0.4) is 0 Å². The molecule has 11 heteroatoms. The number of pyridine rings is 2. The lowest BCUT2D eigenvalue weighted by Crippen LogP contribution is -2.43. The average molecular weight is 572 g/mol. The van der Waals surface area contributed by atoms with Crippen molar-refractivity contribution in [2.24, 2.45) is 5.41 Å². The number of nitrogens with one attached hydrogen (secondary N) is 4. The standard InChI is InChI=1S/C29H33ClF3N7/c1-7-18-13-34-26-21(25(18)35-15-28(4,5)6)11-19(12-22(26)30)37-27(20-9-10-24(31)36-17(20)3)23-14-40(39-38-23)16-29(32,33)8-2/h1,9-14,27,37-39H,8,15-16H2,2-6H3,(H,34,35)/t27-/m0/s1. The van der Waals surface area contributed by atoms with Crippen LogP contribution >= 0.6 is 11.6 Å². The molecule has 3 aromatic rings. The molecule has 0 saturated heterocycles. The predicted octanol–water partition coefficient (Wildman–Crippen LogP) is 6.53. The van der Waals surface area contributed by atoms with Gasteiger partial charge >= 0.3 is 0 Å². The summed E-state index contributed by atoms with van der Waals surface area (Å²) in [6, 6.07) is 5.85. The Kier molecular flexibility index (Phi) is 8.38. The van der Waals surface area contributed by atoms with Gasteiger partial charge in [0.2, 0.25) is 5.95 Å². The van der Waals surface area contributed by atoms with E-state index in [1.54, 1.807) is 31.5 Å². The average Bonchev–Trinajstić information content (AvgIpc) is 3.33. The summed E-state index contributed by atoms with van der Waals surface area (Å²) in [7, 11) is 0. The topological polar surface area (TPSA) is 77.1 Å². The molecule has 0 radical (unpaired) electrons. The van der Waals surface area contributed by atoms with E-state index in [1.165, 1.54) is 18.0 Å². The maximum atomic E-state index is 14.1. The van der Waals surface area contributed by atoms with E-state index in [-0.39, 0.29) is 11.8 Å². The summed E-state index contributed by atoms with van der Waals surface area (Å²) in [5.74, 6) is -0.818. The summed E-state index contributed by atoms with van der Waals surface area (Å²) in [6.07, 6.45) is 8.67.